The Bertz CT molecular complexity index is 619. The van der Waals surface area contributed by atoms with Crippen LogP contribution in [0.2, 0.25) is 0 Å². The Morgan fingerprint density at radius 3 is 2.30 bits per heavy atom. The molecule has 4 aliphatic carbocycles. The van der Waals surface area contributed by atoms with Crippen molar-refractivity contribution in [3.8, 4) is 0 Å². The van der Waals surface area contributed by atoms with Crippen molar-refractivity contribution in [3.05, 3.63) is 0 Å². The van der Waals surface area contributed by atoms with E-state index in [1.54, 1.807) is 13.8 Å². The molecule has 0 aliphatic heterocycles. The van der Waals surface area contributed by atoms with Gasteiger partial charge in [-0.25, -0.2) is 0 Å². The van der Waals surface area contributed by atoms with E-state index in [1.807, 2.05) is 0 Å². The van der Waals surface area contributed by atoms with E-state index in [4.69, 9.17) is 4.74 Å². The number of amides is 1. The van der Waals surface area contributed by atoms with Crippen LogP contribution in [0.3, 0.4) is 0 Å². The third-order valence-corrected chi connectivity index (χ3v) is 9.29. The summed E-state index contributed by atoms with van der Waals surface area (Å²) in [5.41, 5.74) is 0.613. The second-order valence-corrected chi connectivity index (χ2v) is 10.5. The van der Waals surface area contributed by atoms with Crippen molar-refractivity contribution in [2.75, 3.05) is 0 Å². The Hall–Kier alpha value is -1.06. The first-order valence-electron chi connectivity index (χ1n) is 11.2. The zero-order chi connectivity index (χ0) is 19.4. The lowest BCUT2D eigenvalue weighted by atomic mass is 9.45. The second kappa shape index (κ2) is 6.77. The Morgan fingerprint density at radius 2 is 1.59 bits per heavy atom. The van der Waals surface area contributed by atoms with Crippen molar-refractivity contribution in [3.63, 3.8) is 0 Å². The molecule has 0 bridgehead atoms. The van der Waals surface area contributed by atoms with Crippen molar-refractivity contribution in [2.45, 2.75) is 97.6 Å². The number of esters is 1. The molecule has 1 N–H and O–H groups in total. The van der Waals surface area contributed by atoms with Gasteiger partial charge in [0.05, 0.1) is 0 Å². The monoisotopic (exact) mass is 375 g/mol. The lowest BCUT2D eigenvalue weighted by molar-refractivity contribution is -0.161. The van der Waals surface area contributed by atoms with E-state index in [2.05, 4.69) is 19.2 Å². The molecule has 0 aromatic carbocycles. The van der Waals surface area contributed by atoms with Crippen LogP contribution in [-0.4, -0.2) is 24.0 Å². The molecule has 1 amide bonds. The van der Waals surface area contributed by atoms with Gasteiger partial charge in [0.15, 0.2) is 0 Å². The maximum atomic E-state index is 11.6. The topological polar surface area (TPSA) is 55.4 Å². The number of hydrogen-bond donors (Lipinski definition) is 1. The van der Waals surface area contributed by atoms with Crippen LogP contribution < -0.4 is 5.32 Å². The number of rotatable bonds is 2. The summed E-state index contributed by atoms with van der Waals surface area (Å²) in [4.78, 5) is 23.1. The summed E-state index contributed by atoms with van der Waals surface area (Å²) < 4.78 is 5.77. The minimum atomic E-state index is -0.115. The first-order valence-corrected chi connectivity index (χ1v) is 11.2. The molecule has 4 rings (SSSR count). The van der Waals surface area contributed by atoms with Gasteiger partial charge in [-0.3, -0.25) is 9.59 Å². The fraction of sp³-hybridized carbons (Fsp3) is 0.913. The third-order valence-electron chi connectivity index (χ3n) is 9.29. The summed E-state index contributed by atoms with van der Waals surface area (Å²) in [6, 6.07) is 0.380. The average molecular weight is 376 g/mol. The molecule has 4 nitrogen and oxygen atoms in total. The SMILES string of the molecule is CC(=O)N[C@H]1CC[C@@]2(C)[C@@H](CC[C@@H]3[C@@H]2CC[C@]2(C)[C@@H](OC(C)=O)CC[C@@H]32)C1. The summed E-state index contributed by atoms with van der Waals surface area (Å²) in [7, 11) is 0. The van der Waals surface area contributed by atoms with Gasteiger partial charge in [0.25, 0.3) is 0 Å². The predicted molar refractivity (Wildman–Crippen MR) is 105 cm³/mol. The molecule has 4 aliphatic rings. The molecule has 0 spiro atoms. The Morgan fingerprint density at radius 1 is 0.889 bits per heavy atom. The predicted octanol–water partition coefficient (Wildman–Crippen LogP) is 4.47. The van der Waals surface area contributed by atoms with Crippen LogP contribution in [-0.2, 0) is 14.3 Å². The van der Waals surface area contributed by atoms with E-state index in [-0.39, 0.29) is 23.4 Å². The standard InChI is InChI=1S/C23H37NO3/c1-14(25)24-17-9-11-22(3)16(13-17)5-6-18-19-7-8-21(27-15(2)26)23(19,4)12-10-20(18)22/h16-21H,5-13H2,1-4H3,(H,24,25)/t16-,17-,18-,19-,20-,21-,22-,23-/m0/s1. The Balaban J connectivity index is 1.51. The first-order chi connectivity index (χ1) is 12.7. The minimum Gasteiger partial charge on any atom is -0.462 e. The van der Waals surface area contributed by atoms with Crippen molar-refractivity contribution < 1.29 is 14.3 Å². The van der Waals surface area contributed by atoms with Crippen LogP contribution in [0.5, 0.6) is 0 Å². The van der Waals surface area contributed by atoms with Crippen molar-refractivity contribution in [2.24, 2.45) is 34.5 Å². The molecule has 0 unspecified atom stereocenters. The Kier molecular flexibility index (Phi) is 4.83. The smallest absolute Gasteiger partial charge is 0.302 e. The molecule has 0 radical (unpaired) electrons. The summed E-state index contributed by atoms with van der Waals surface area (Å²) in [5, 5.41) is 3.18. The molecule has 4 heteroatoms. The maximum Gasteiger partial charge on any atom is 0.302 e. The maximum absolute atomic E-state index is 11.6. The summed E-state index contributed by atoms with van der Waals surface area (Å²) in [6.07, 6.45) is 11.1. The molecule has 0 saturated heterocycles. The van der Waals surface area contributed by atoms with Crippen LogP contribution in [0, 0.1) is 34.5 Å². The highest BCUT2D eigenvalue weighted by Crippen LogP contribution is 2.66. The van der Waals surface area contributed by atoms with Crippen molar-refractivity contribution >= 4 is 11.9 Å². The van der Waals surface area contributed by atoms with Crippen LogP contribution in [0.15, 0.2) is 0 Å². The van der Waals surface area contributed by atoms with Crippen molar-refractivity contribution in [1.82, 2.24) is 5.32 Å². The van der Waals surface area contributed by atoms with Gasteiger partial charge in [0, 0.05) is 25.3 Å². The van der Waals surface area contributed by atoms with Gasteiger partial charge in [-0.2, -0.15) is 0 Å². The quantitative estimate of drug-likeness (QED) is 0.725. The molecule has 27 heavy (non-hydrogen) atoms. The average Bonchev–Trinajstić information content (AvgIpc) is 2.91. The number of carbonyl (C=O) groups excluding carboxylic acids is 2. The summed E-state index contributed by atoms with van der Waals surface area (Å²) in [5.74, 6) is 3.07. The van der Waals surface area contributed by atoms with Gasteiger partial charge in [0.1, 0.15) is 6.10 Å². The molecule has 0 heterocycles. The van der Waals surface area contributed by atoms with Gasteiger partial charge in [-0.1, -0.05) is 13.8 Å². The van der Waals surface area contributed by atoms with Gasteiger partial charge >= 0.3 is 5.97 Å². The van der Waals surface area contributed by atoms with Crippen LogP contribution in [0.1, 0.15) is 85.5 Å². The van der Waals surface area contributed by atoms with Gasteiger partial charge in [-0.15, -0.1) is 0 Å². The Labute approximate surface area is 164 Å². The molecule has 4 fully saturated rings. The normalized spacial score (nSPS) is 48.7. The zero-order valence-electron chi connectivity index (χ0n) is 17.6. The zero-order valence-corrected chi connectivity index (χ0v) is 17.6. The van der Waals surface area contributed by atoms with Crippen molar-refractivity contribution in [1.29, 1.82) is 0 Å². The van der Waals surface area contributed by atoms with Crippen LogP contribution in [0.4, 0.5) is 0 Å². The van der Waals surface area contributed by atoms with E-state index < -0.39 is 0 Å². The molecule has 152 valence electrons. The first kappa shape index (κ1) is 19.3. The molecular formula is C23H37NO3. The van der Waals surface area contributed by atoms with E-state index >= 15 is 0 Å². The number of hydrogen-bond acceptors (Lipinski definition) is 3. The minimum absolute atomic E-state index is 0.115. The highest BCUT2D eigenvalue weighted by Gasteiger charge is 2.61. The van der Waals surface area contributed by atoms with E-state index in [0.29, 0.717) is 17.4 Å². The lowest BCUT2D eigenvalue weighted by Gasteiger charge is -2.61. The van der Waals surface area contributed by atoms with Gasteiger partial charge < -0.3 is 10.1 Å². The van der Waals surface area contributed by atoms with Crippen LogP contribution >= 0.6 is 0 Å². The number of carbonyl (C=O) groups is 2. The number of nitrogens with one attached hydrogen (secondary N) is 1. The largest absolute Gasteiger partial charge is 0.462 e. The summed E-state index contributed by atoms with van der Waals surface area (Å²) in [6.45, 7) is 8.16. The molecule has 0 aromatic heterocycles. The lowest BCUT2D eigenvalue weighted by Crippen LogP contribution is -2.55. The highest BCUT2D eigenvalue weighted by molar-refractivity contribution is 5.73. The van der Waals surface area contributed by atoms with Gasteiger partial charge in [0.2, 0.25) is 5.91 Å². The molecule has 4 saturated carbocycles. The summed E-state index contributed by atoms with van der Waals surface area (Å²) >= 11 is 0. The molecule has 8 atom stereocenters. The number of fused-ring (bicyclic) bond motifs is 5. The highest BCUT2D eigenvalue weighted by atomic mass is 16.5. The van der Waals surface area contributed by atoms with Crippen LogP contribution in [0.25, 0.3) is 0 Å². The molecule has 0 aromatic rings. The van der Waals surface area contributed by atoms with Gasteiger partial charge in [-0.05, 0) is 86.9 Å². The van der Waals surface area contributed by atoms with E-state index in [9.17, 15) is 9.59 Å². The number of ether oxygens (including phenoxy) is 1. The van der Waals surface area contributed by atoms with E-state index in [0.717, 1.165) is 37.0 Å². The van der Waals surface area contributed by atoms with E-state index in [1.165, 1.54) is 38.5 Å². The molecular weight excluding hydrogens is 338 g/mol. The fourth-order valence-corrected chi connectivity index (χ4v) is 8.02. The fourth-order valence-electron chi connectivity index (χ4n) is 8.02. The second-order valence-electron chi connectivity index (χ2n) is 10.5. The third kappa shape index (κ3) is 3.11.